The monoisotopic (exact) mass is 183 g/mol. The van der Waals surface area contributed by atoms with Crippen molar-refractivity contribution in [1.82, 2.24) is 4.90 Å². The highest BCUT2D eigenvalue weighted by Gasteiger charge is 2.24. The Morgan fingerprint density at radius 3 is 2.85 bits per heavy atom. The molecule has 0 unspecified atom stereocenters. The number of rotatable bonds is 2. The van der Waals surface area contributed by atoms with E-state index in [1.807, 2.05) is 0 Å². The predicted molar refractivity (Wildman–Crippen MR) is 42.5 cm³/mol. The normalized spacial score (nSPS) is 16.2. The van der Waals surface area contributed by atoms with E-state index in [1.54, 1.807) is 0 Å². The predicted octanol–water partition coefficient (Wildman–Crippen LogP) is -0.526. The molecule has 0 spiro atoms. The number of carbonyl (C=O) groups is 3. The molecule has 0 aromatic heterocycles. The highest BCUT2D eigenvalue weighted by Crippen LogP contribution is 2.04. The Hall–Kier alpha value is -1.65. The topological polar surface area (TPSA) is 63.7 Å². The fourth-order valence-electron chi connectivity index (χ4n) is 0.943. The minimum absolute atomic E-state index is 0.155. The first-order valence-corrected chi connectivity index (χ1v) is 3.73. The van der Waals surface area contributed by atoms with Gasteiger partial charge in [0, 0.05) is 12.5 Å². The van der Waals surface area contributed by atoms with E-state index in [4.69, 9.17) is 0 Å². The van der Waals surface area contributed by atoms with Gasteiger partial charge in [-0.2, -0.15) is 0 Å². The molecule has 1 aliphatic heterocycles. The highest BCUT2D eigenvalue weighted by molar-refractivity contribution is 6.05. The molecule has 0 bridgehead atoms. The Labute approximate surface area is 75.0 Å². The minimum Gasteiger partial charge on any atom is -0.468 e. The standard InChI is InChI=1S/C8H9NO4/c1-13-8(12)5-9-6(10)3-2-4-7(9)11/h2-3H,4-5H2,1H3. The van der Waals surface area contributed by atoms with E-state index in [0.29, 0.717) is 0 Å². The van der Waals surface area contributed by atoms with E-state index in [2.05, 4.69) is 4.74 Å². The Bertz CT molecular complexity index is 282. The Kier molecular flexibility index (Phi) is 2.79. The lowest BCUT2D eigenvalue weighted by molar-refractivity contribution is -0.152. The maximum absolute atomic E-state index is 11.1. The molecular weight excluding hydrogens is 174 g/mol. The molecule has 0 N–H and O–H groups in total. The van der Waals surface area contributed by atoms with Crippen LogP contribution in [0.4, 0.5) is 0 Å². The summed E-state index contributed by atoms with van der Waals surface area (Å²) in [5, 5.41) is 0. The van der Waals surface area contributed by atoms with Crippen molar-refractivity contribution in [1.29, 1.82) is 0 Å². The van der Waals surface area contributed by atoms with Gasteiger partial charge in [-0.25, -0.2) is 0 Å². The van der Waals surface area contributed by atoms with E-state index in [0.717, 1.165) is 4.90 Å². The summed E-state index contributed by atoms with van der Waals surface area (Å²) in [5.74, 6) is -1.45. The van der Waals surface area contributed by atoms with Crippen molar-refractivity contribution < 1.29 is 19.1 Å². The molecule has 5 heteroatoms. The highest BCUT2D eigenvalue weighted by atomic mass is 16.5. The molecule has 0 atom stereocenters. The molecule has 1 rings (SSSR count). The molecule has 0 aromatic rings. The average molecular weight is 183 g/mol. The van der Waals surface area contributed by atoms with Crippen molar-refractivity contribution in [2.45, 2.75) is 6.42 Å². The lowest BCUT2D eigenvalue weighted by Gasteiger charge is -2.19. The molecule has 1 heterocycles. The summed E-state index contributed by atoms with van der Waals surface area (Å²) in [4.78, 5) is 33.8. The van der Waals surface area contributed by atoms with Gasteiger partial charge >= 0.3 is 5.97 Å². The molecule has 0 fully saturated rings. The molecule has 0 saturated heterocycles. The van der Waals surface area contributed by atoms with Gasteiger partial charge in [-0.05, 0) is 0 Å². The third-order valence-corrected chi connectivity index (χ3v) is 1.63. The van der Waals surface area contributed by atoms with Gasteiger partial charge in [0.1, 0.15) is 6.54 Å². The first-order valence-electron chi connectivity index (χ1n) is 3.73. The number of hydrogen-bond acceptors (Lipinski definition) is 4. The zero-order valence-corrected chi connectivity index (χ0v) is 7.15. The number of carbonyl (C=O) groups excluding carboxylic acids is 3. The number of ether oxygens (including phenoxy) is 1. The molecule has 0 radical (unpaired) electrons. The molecular formula is C8H9NO4. The molecule has 5 nitrogen and oxygen atoms in total. The number of amides is 2. The molecule has 0 aliphatic carbocycles. The van der Waals surface area contributed by atoms with Crippen LogP contribution in [0.2, 0.25) is 0 Å². The van der Waals surface area contributed by atoms with Gasteiger partial charge in [-0.3, -0.25) is 19.3 Å². The summed E-state index contributed by atoms with van der Waals surface area (Å²) in [5.41, 5.74) is 0. The van der Waals surface area contributed by atoms with Crippen molar-refractivity contribution >= 4 is 17.8 Å². The minimum atomic E-state index is -0.600. The largest absolute Gasteiger partial charge is 0.468 e. The second-order valence-electron chi connectivity index (χ2n) is 2.50. The van der Waals surface area contributed by atoms with Crippen LogP contribution in [0.25, 0.3) is 0 Å². The maximum atomic E-state index is 11.1. The lowest BCUT2D eigenvalue weighted by Crippen LogP contribution is -2.41. The van der Waals surface area contributed by atoms with Gasteiger partial charge in [0.25, 0.3) is 5.91 Å². The van der Waals surface area contributed by atoms with Gasteiger partial charge < -0.3 is 4.74 Å². The quantitative estimate of drug-likeness (QED) is 0.426. The second kappa shape index (κ2) is 3.84. The van der Waals surface area contributed by atoms with Crippen molar-refractivity contribution in [3.8, 4) is 0 Å². The summed E-state index contributed by atoms with van der Waals surface area (Å²) in [6.45, 7) is -0.307. The number of nitrogens with zero attached hydrogens (tertiary/aromatic N) is 1. The van der Waals surface area contributed by atoms with Crippen molar-refractivity contribution in [2.75, 3.05) is 13.7 Å². The summed E-state index contributed by atoms with van der Waals surface area (Å²) in [7, 11) is 1.21. The summed E-state index contributed by atoms with van der Waals surface area (Å²) in [6.07, 6.45) is 2.89. The SMILES string of the molecule is COC(=O)CN1C(=O)C=CCC1=O. The van der Waals surface area contributed by atoms with Gasteiger partial charge in [0.2, 0.25) is 5.91 Å². The molecule has 13 heavy (non-hydrogen) atoms. The smallest absolute Gasteiger partial charge is 0.325 e. The van der Waals surface area contributed by atoms with E-state index in [1.165, 1.54) is 19.3 Å². The van der Waals surface area contributed by atoms with E-state index >= 15 is 0 Å². The second-order valence-corrected chi connectivity index (χ2v) is 2.50. The van der Waals surface area contributed by atoms with Crippen LogP contribution in [0.1, 0.15) is 6.42 Å². The fourth-order valence-corrected chi connectivity index (χ4v) is 0.943. The van der Waals surface area contributed by atoms with Crippen molar-refractivity contribution in [3.63, 3.8) is 0 Å². The van der Waals surface area contributed by atoms with Crippen LogP contribution in [0, 0.1) is 0 Å². The van der Waals surface area contributed by atoms with Crippen LogP contribution >= 0.6 is 0 Å². The van der Waals surface area contributed by atoms with Crippen molar-refractivity contribution in [3.05, 3.63) is 12.2 Å². The average Bonchev–Trinajstić information content (AvgIpc) is 2.11. The van der Waals surface area contributed by atoms with Crippen LogP contribution in [0.5, 0.6) is 0 Å². The molecule has 70 valence electrons. The Morgan fingerprint density at radius 2 is 2.31 bits per heavy atom. The number of hydrogen-bond donors (Lipinski definition) is 0. The maximum Gasteiger partial charge on any atom is 0.325 e. The summed E-state index contributed by atoms with van der Waals surface area (Å²) < 4.78 is 4.34. The summed E-state index contributed by atoms with van der Waals surface area (Å²) in [6, 6.07) is 0. The van der Waals surface area contributed by atoms with Crippen molar-refractivity contribution in [2.24, 2.45) is 0 Å². The van der Waals surface area contributed by atoms with Crippen LogP contribution in [0.15, 0.2) is 12.2 Å². The number of esters is 1. The molecule has 0 saturated carbocycles. The zero-order chi connectivity index (χ0) is 9.84. The van der Waals surface area contributed by atoms with E-state index < -0.39 is 11.9 Å². The summed E-state index contributed by atoms with van der Waals surface area (Å²) >= 11 is 0. The number of imide groups is 1. The lowest BCUT2D eigenvalue weighted by atomic mass is 10.2. The molecule has 0 aromatic carbocycles. The van der Waals surface area contributed by atoms with E-state index in [9.17, 15) is 14.4 Å². The van der Waals surface area contributed by atoms with Crippen LogP contribution < -0.4 is 0 Å². The third kappa shape index (κ3) is 2.14. The van der Waals surface area contributed by atoms with Crippen LogP contribution in [-0.4, -0.2) is 36.3 Å². The Balaban J connectivity index is 2.67. The Morgan fingerprint density at radius 1 is 1.62 bits per heavy atom. The fraction of sp³-hybridized carbons (Fsp3) is 0.375. The van der Waals surface area contributed by atoms with E-state index in [-0.39, 0.29) is 18.9 Å². The zero-order valence-electron chi connectivity index (χ0n) is 7.15. The van der Waals surface area contributed by atoms with Gasteiger partial charge in [0.15, 0.2) is 0 Å². The van der Waals surface area contributed by atoms with Gasteiger partial charge in [0.05, 0.1) is 7.11 Å². The van der Waals surface area contributed by atoms with Gasteiger partial charge in [-0.1, -0.05) is 6.08 Å². The third-order valence-electron chi connectivity index (χ3n) is 1.63. The molecule has 2 amide bonds. The molecule has 1 aliphatic rings. The van der Waals surface area contributed by atoms with Gasteiger partial charge in [-0.15, -0.1) is 0 Å². The first-order chi connectivity index (χ1) is 6.15. The number of methoxy groups -OCH3 is 1. The first kappa shape index (κ1) is 9.44. The van der Waals surface area contributed by atoms with Crippen LogP contribution in [0.3, 0.4) is 0 Å². The van der Waals surface area contributed by atoms with Crippen LogP contribution in [-0.2, 0) is 19.1 Å².